The molecule has 2 saturated heterocycles. The Morgan fingerprint density at radius 1 is 0.841 bits per heavy atom. The van der Waals surface area contributed by atoms with E-state index in [0.29, 0.717) is 83.2 Å². The number of nitrogens with zero attached hydrogens (tertiary/aromatic N) is 8. The average Bonchev–Trinajstić information content (AvgIpc) is 3.84. The van der Waals surface area contributed by atoms with Crippen LogP contribution in [0.4, 0.5) is 26.0 Å². The van der Waals surface area contributed by atoms with Crippen molar-refractivity contribution >= 4 is 81.3 Å². The molecule has 6 heterocycles. The fourth-order valence-corrected chi connectivity index (χ4v) is 7.01. The van der Waals surface area contributed by atoms with Crippen LogP contribution in [0.1, 0.15) is 13.3 Å². The van der Waals surface area contributed by atoms with E-state index in [0.717, 1.165) is 24.5 Å². The van der Waals surface area contributed by atoms with Gasteiger partial charge in [0.2, 0.25) is 17.8 Å². The maximum atomic E-state index is 13.9. The van der Waals surface area contributed by atoms with Crippen molar-refractivity contribution in [2.75, 3.05) is 87.7 Å². The second kappa shape index (κ2) is 27.9. The van der Waals surface area contributed by atoms with E-state index in [-0.39, 0.29) is 135 Å². The fraction of sp³-hybridized carbons (Fsp3) is 0.333. The van der Waals surface area contributed by atoms with Crippen LogP contribution in [0.5, 0.6) is 11.5 Å². The van der Waals surface area contributed by atoms with Gasteiger partial charge in [0.1, 0.15) is 29.7 Å². The summed E-state index contributed by atoms with van der Waals surface area (Å²) in [6, 6.07) is 18.0. The van der Waals surface area contributed by atoms with E-state index < -0.39 is 12.2 Å². The number of pyridine rings is 2. The Labute approximate surface area is 463 Å². The predicted octanol–water partition coefficient (Wildman–Crippen LogP) is -1.65. The first kappa shape index (κ1) is 54.9. The number of hydrazine groups is 1. The van der Waals surface area contributed by atoms with Gasteiger partial charge in [-0.25, -0.2) is 19.0 Å². The van der Waals surface area contributed by atoms with Crippen molar-refractivity contribution in [2.24, 2.45) is 0 Å². The molecule has 0 radical (unpaired) electrons. The van der Waals surface area contributed by atoms with Gasteiger partial charge in [-0.3, -0.25) is 14.4 Å². The number of piperazine rings is 2. The normalized spacial score (nSPS) is 15.0. The van der Waals surface area contributed by atoms with Crippen LogP contribution >= 0.6 is 34.8 Å². The zero-order chi connectivity index (χ0) is 43.9. The smallest absolute Gasteiger partial charge is 1.00 e. The monoisotopic (exact) mass is 984 g/mol. The number of fused-ring (bicyclic) bond motifs is 2. The van der Waals surface area contributed by atoms with Gasteiger partial charge >= 0.3 is 103 Å². The number of aromatic nitrogens is 4. The molecule has 24 heteroatoms. The molecule has 5 aromatic rings. The van der Waals surface area contributed by atoms with E-state index in [2.05, 4.69) is 40.6 Å². The molecular weight excluding hydrogens is 943 g/mol. The summed E-state index contributed by atoms with van der Waals surface area (Å²) in [7, 11) is 3.18. The predicted molar refractivity (Wildman–Crippen MR) is 225 cm³/mol. The molecule has 328 valence electrons. The van der Waals surface area contributed by atoms with Gasteiger partial charge < -0.3 is 46.1 Å². The number of methoxy groups -OCH3 is 2. The van der Waals surface area contributed by atoms with E-state index in [1.807, 2.05) is 30.3 Å². The number of carbonyl (C=O) groups is 3. The topological polar surface area (TPSA) is 183 Å². The molecule has 3 aromatic heterocycles. The third-order valence-corrected chi connectivity index (χ3v) is 10.4. The maximum absolute atomic E-state index is 13.9. The summed E-state index contributed by atoms with van der Waals surface area (Å²) >= 11 is 17.7. The second-order valence-corrected chi connectivity index (χ2v) is 14.2. The van der Waals surface area contributed by atoms with E-state index >= 15 is 0 Å². The Morgan fingerprint density at radius 2 is 1.35 bits per heavy atom. The fourth-order valence-electron chi connectivity index (χ4n) is 6.45. The first-order valence-corrected chi connectivity index (χ1v) is 19.9. The summed E-state index contributed by atoms with van der Waals surface area (Å²) in [5.74, 6) is 1.19. The quantitative estimate of drug-likeness (QED) is 0.0451. The summed E-state index contributed by atoms with van der Waals surface area (Å²) in [6.45, 7) is 5.24. The third-order valence-electron chi connectivity index (χ3n) is 9.59. The average molecular weight is 986 g/mol. The maximum Gasteiger partial charge on any atom is 1.00 e. The molecule has 63 heavy (non-hydrogen) atoms. The molecule has 17 nitrogen and oxygen atoms in total. The van der Waals surface area contributed by atoms with E-state index in [4.69, 9.17) is 54.3 Å². The molecule has 0 bridgehead atoms. The molecule has 1 unspecified atom stereocenters. The van der Waals surface area contributed by atoms with Gasteiger partial charge in [-0.1, -0.05) is 23.2 Å². The number of benzene rings is 2. The van der Waals surface area contributed by atoms with Gasteiger partial charge in [0, 0.05) is 93.8 Å². The van der Waals surface area contributed by atoms with E-state index in [1.54, 1.807) is 66.7 Å². The van der Waals surface area contributed by atoms with Crippen LogP contribution in [0.15, 0.2) is 73.1 Å². The molecule has 0 aliphatic carbocycles. The molecule has 3 aliphatic rings. The van der Waals surface area contributed by atoms with E-state index in [1.165, 1.54) is 4.68 Å². The van der Waals surface area contributed by atoms with E-state index in [9.17, 15) is 18.4 Å². The van der Waals surface area contributed by atoms with Gasteiger partial charge in [0.25, 0.3) is 6.47 Å². The summed E-state index contributed by atoms with van der Waals surface area (Å²) in [5.41, 5.74) is 8.02. The minimum absolute atomic E-state index is 0. The number of nitrogens with one attached hydrogen (secondary N) is 2. The van der Waals surface area contributed by atoms with Crippen molar-refractivity contribution in [3.63, 3.8) is 0 Å². The molecule has 1 atom stereocenters. The molecule has 2 aromatic carbocycles. The SMILES string of the molecule is COc1cc(N2CCN(C(=O)CCl)CC2)ccc1Cl.COc1cc(N2CCN(C(=O)Cn3nc(F)c4cccnc43)CC2)ccc1Cl.FC1NNc2ncccc21.O=CO[O-].[H-].[K+].[K+]. The summed E-state index contributed by atoms with van der Waals surface area (Å²) in [5, 5.41) is 13.7. The number of rotatable bonds is 8. The molecule has 2 N–H and O–H groups in total. The summed E-state index contributed by atoms with van der Waals surface area (Å²) in [4.78, 5) is 51.4. The third kappa shape index (κ3) is 15.3. The number of carbonyl (C=O) groups excluding carboxylic acids is 3. The zero-order valence-corrected chi connectivity index (χ0v) is 43.5. The number of ether oxygens (including phenoxy) is 2. The largest absolute Gasteiger partial charge is 1.00 e. The van der Waals surface area contributed by atoms with Crippen molar-refractivity contribution in [3.8, 4) is 11.5 Å². The Bertz CT molecular complexity index is 2270. The molecule has 0 saturated carbocycles. The Kier molecular flexibility index (Phi) is 24.3. The molecule has 2 fully saturated rings. The minimum Gasteiger partial charge on any atom is -1.00 e. The Balaban J connectivity index is 0.000000338. The molecular formula is C39H43Cl3F2K2N10O7. The number of hydrogen-bond donors (Lipinski definition) is 2. The van der Waals surface area contributed by atoms with Gasteiger partial charge in [-0.05, 0) is 48.5 Å². The number of hydrogen-bond acceptors (Lipinski definition) is 14. The van der Waals surface area contributed by atoms with Crippen molar-refractivity contribution in [1.82, 2.24) is 35.0 Å². The number of anilines is 3. The van der Waals surface area contributed by atoms with Crippen LogP contribution in [0, 0.1) is 5.95 Å². The number of halogens is 5. The van der Waals surface area contributed by atoms with Crippen LogP contribution in [0.25, 0.3) is 11.0 Å². The van der Waals surface area contributed by atoms with Crippen LogP contribution in [0.3, 0.4) is 0 Å². The van der Waals surface area contributed by atoms with Gasteiger partial charge in [0.15, 0.2) is 11.9 Å². The molecule has 2 amide bonds. The van der Waals surface area contributed by atoms with Gasteiger partial charge in [-0.15, -0.1) is 16.7 Å². The molecule has 8 rings (SSSR count). The standard InChI is InChI=1S/C19H19ClFN5O2.C13H16Cl2N2O2.C6H6FN3.CH2O3.2K.H/c1-28-16-11-13(4-5-15(16)20)24-7-9-25(10-8-24)17(27)12-26-19-14(18(21)23-26)3-2-6-22-19;1-19-12-8-10(2-3-11(12)15)16-4-6-17(7-5-16)13(18)9-14;7-5-4-2-1-3-8-6(4)10-9-5;2-1-4-3;;;/h2-6,11H,7-10,12H2,1H3;2-3,8H,4-7,9H2,1H3;1-3,5,9H,(H,8,10);1,3H;;;/q;;;;2*+1;-1/p-1. The van der Waals surface area contributed by atoms with Crippen molar-refractivity contribution < 1.29 is 147 Å². The van der Waals surface area contributed by atoms with Crippen LogP contribution < -0.4 is 138 Å². The van der Waals surface area contributed by atoms with Gasteiger partial charge in [-0.2, -0.15) is 9.82 Å². The summed E-state index contributed by atoms with van der Waals surface area (Å²) in [6.07, 6.45) is 2.05. The zero-order valence-electron chi connectivity index (χ0n) is 36.0. The van der Waals surface area contributed by atoms with Crippen molar-refractivity contribution in [3.05, 3.63) is 94.6 Å². The number of amides is 2. The van der Waals surface area contributed by atoms with Crippen LogP contribution in [-0.4, -0.2) is 120 Å². The Hall–Kier alpha value is -2.46. The van der Waals surface area contributed by atoms with Crippen LogP contribution in [0.2, 0.25) is 10.0 Å². The second-order valence-electron chi connectivity index (χ2n) is 13.1. The first-order valence-electron chi connectivity index (χ1n) is 18.6. The van der Waals surface area contributed by atoms with Crippen LogP contribution in [-0.2, 0) is 25.8 Å². The first-order chi connectivity index (χ1) is 29.5. The molecule has 0 spiro atoms. The minimum atomic E-state index is -1.12. The van der Waals surface area contributed by atoms with Crippen molar-refractivity contribution in [2.45, 2.75) is 12.8 Å². The summed E-state index contributed by atoms with van der Waals surface area (Å²) < 4.78 is 38.4. The number of alkyl halides is 2. The molecule has 3 aliphatic heterocycles. The Morgan fingerprint density at radius 3 is 1.84 bits per heavy atom. The van der Waals surface area contributed by atoms with Crippen molar-refractivity contribution in [1.29, 1.82) is 0 Å². The van der Waals surface area contributed by atoms with Gasteiger partial charge in [0.05, 0.1) is 29.7 Å².